The van der Waals surface area contributed by atoms with E-state index in [0.717, 1.165) is 6.54 Å². The Balaban J connectivity index is 1.64. The van der Waals surface area contributed by atoms with Crippen molar-refractivity contribution in [3.63, 3.8) is 0 Å². The van der Waals surface area contributed by atoms with E-state index < -0.39 is 0 Å². The Labute approximate surface area is 134 Å². The first-order chi connectivity index (χ1) is 11.1. The van der Waals surface area contributed by atoms with Crippen molar-refractivity contribution in [2.24, 2.45) is 0 Å². The smallest absolute Gasteiger partial charge is 0.229 e. The first-order valence-corrected chi connectivity index (χ1v) is 7.84. The number of rotatable bonds is 6. The average Bonchev–Trinajstić information content (AvgIpc) is 3.20. The largest absolute Gasteiger partial charge is 0.461 e. The van der Waals surface area contributed by atoms with E-state index in [2.05, 4.69) is 15.0 Å². The predicted octanol–water partition coefficient (Wildman–Crippen LogP) is 2.26. The van der Waals surface area contributed by atoms with E-state index in [1.165, 1.54) is 6.26 Å². The minimum atomic E-state index is -0.0218. The van der Waals surface area contributed by atoms with Crippen molar-refractivity contribution in [2.75, 3.05) is 19.8 Å². The van der Waals surface area contributed by atoms with E-state index >= 15 is 0 Å². The number of ketones is 1. The van der Waals surface area contributed by atoms with Crippen LogP contribution in [0.15, 0.2) is 27.3 Å². The maximum absolute atomic E-state index is 12.2. The third-order valence-electron chi connectivity index (χ3n) is 3.89. The van der Waals surface area contributed by atoms with Gasteiger partial charge in [0.15, 0.2) is 17.4 Å². The summed E-state index contributed by atoms with van der Waals surface area (Å²) in [6.45, 7) is 6.47. The molecule has 1 fully saturated rings. The molecule has 2 aromatic rings. The van der Waals surface area contributed by atoms with E-state index in [0.29, 0.717) is 43.7 Å². The lowest BCUT2D eigenvalue weighted by Crippen LogP contribution is -2.46. The third-order valence-corrected chi connectivity index (χ3v) is 3.89. The van der Waals surface area contributed by atoms with Crippen molar-refractivity contribution in [2.45, 2.75) is 38.8 Å². The maximum atomic E-state index is 12.2. The topological polar surface area (TPSA) is 81.6 Å². The zero-order valence-electron chi connectivity index (χ0n) is 13.4. The summed E-state index contributed by atoms with van der Waals surface area (Å²) < 4.78 is 15.9. The number of nitrogens with zero attached hydrogens (tertiary/aromatic N) is 3. The molecule has 7 heteroatoms. The fraction of sp³-hybridized carbons (Fsp3) is 0.562. The third kappa shape index (κ3) is 3.86. The molecule has 0 aliphatic carbocycles. The molecule has 0 aromatic carbocycles. The van der Waals surface area contributed by atoms with Gasteiger partial charge in [-0.05, 0) is 12.1 Å². The Bertz CT molecular complexity index is 636. The Morgan fingerprint density at radius 1 is 1.48 bits per heavy atom. The highest BCUT2D eigenvalue weighted by Crippen LogP contribution is 2.18. The van der Waals surface area contributed by atoms with Crippen LogP contribution in [0.3, 0.4) is 0 Å². The van der Waals surface area contributed by atoms with Gasteiger partial charge in [-0.2, -0.15) is 4.98 Å². The quantitative estimate of drug-likeness (QED) is 0.755. The summed E-state index contributed by atoms with van der Waals surface area (Å²) in [4.78, 5) is 18.8. The van der Waals surface area contributed by atoms with Gasteiger partial charge in [-0.25, -0.2) is 0 Å². The molecule has 0 unspecified atom stereocenters. The lowest BCUT2D eigenvalue weighted by atomic mass is 10.1. The Morgan fingerprint density at radius 3 is 3.04 bits per heavy atom. The summed E-state index contributed by atoms with van der Waals surface area (Å²) in [5.74, 6) is 1.85. The van der Waals surface area contributed by atoms with Gasteiger partial charge in [0.05, 0.1) is 26.0 Å². The van der Waals surface area contributed by atoms with Gasteiger partial charge >= 0.3 is 0 Å². The number of hydrogen-bond acceptors (Lipinski definition) is 7. The molecule has 23 heavy (non-hydrogen) atoms. The van der Waals surface area contributed by atoms with E-state index in [1.807, 2.05) is 13.8 Å². The molecular weight excluding hydrogens is 298 g/mol. The standard InChI is InChI=1S/C16H21N3O4/c1-11(2)16-17-15(18-23-16)9-19-5-7-21-10-12(19)8-13(20)14-4-3-6-22-14/h3-4,6,11-12H,5,7-10H2,1-2H3/t12-/m1/s1. The molecule has 124 valence electrons. The lowest BCUT2D eigenvalue weighted by molar-refractivity contribution is -0.0141. The summed E-state index contributed by atoms with van der Waals surface area (Å²) >= 11 is 0. The van der Waals surface area contributed by atoms with Gasteiger partial charge in [-0.15, -0.1) is 0 Å². The van der Waals surface area contributed by atoms with Crippen LogP contribution in [-0.2, 0) is 11.3 Å². The van der Waals surface area contributed by atoms with Gasteiger partial charge in [-0.1, -0.05) is 19.0 Å². The summed E-state index contributed by atoms with van der Waals surface area (Å²) in [6, 6.07) is 3.39. The van der Waals surface area contributed by atoms with E-state index in [1.54, 1.807) is 12.1 Å². The van der Waals surface area contributed by atoms with Crippen molar-refractivity contribution in [3.8, 4) is 0 Å². The lowest BCUT2D eigenvalue weighted by Gasteiger charge is -2.34. The number of Topliss-reactive ketones (excluding diaryl/α,β-unsaturated/α-hetero) is 1. The van der Waals surface area contributed by atoms with Crippen LogP contribution in [0, 0.1) is 0 Å². The minimum Gasteiger partial charge on any atom is -0.461 e. The fourth-order valence-corrected chi connectivity index (χ4v) is 2.59. The monoisotopic (exact) mass is 319 g/mol. The summed E-state index contributed by atoms with van der Waals surface area (Å²) in [6.07, 6.45) is 1.86. The van der Waals surface area contributed by atoms with Crippen LogP contribution < -0.4 is 0 Å². The zero-order chi connectivity index (χ0) is 16.2. The van der Waals surface area contributed by atoms with E-state index in [4.69, 9.17) is 13.7 Å². The zero-order valence-corrected chi connectivity index (χ0v) is 13.4. The van der Waals surface area contributed by atoms with Crippen molar-refractivity contribution in [1.29, 1.82) is 0 Å². The second-order valence-corrected chi connectivity index (χ2v) is 6.01. The molecule has 1 atom stereocenters. The molecule has 7 nitrogen and oxygen atoms in total. The minimum absolute atomic E-state index is 0.0117. The van der Waals surface area contributed by atoms with Gasteiger partial charge in [0.2, 0.25) is 5.89 Å². The highest BCUT2D eigenvalue weighted by atomic mass is 16.5. The number of ether oxygens (including phenoxy) is 1. The van der Waals surface area contributed by atoms with Gasteiger partial charge < -0.3 is 13.7 Å². The highest BCUT2D eigenvalue weighted by molar-refractivity contribution is 5.93. The molecule has 0 spiro atoms. The van der Waals surface area contributed by atoms with E-state index in [9.17, 15) is 4.79 Å². The second-order valence-electron chi connectivity index (χ2n) is 6.01. The van der Waals surface area contributed by atoms with Crippen LogP contribution >= 0.6 is 0 Å². The number of hydrogen-bond donors (Lipinski definition) is 0. The molecule has 0 saturated carbocycles. The normalized spacial score (nSPS) is 19.3. The molecular formula is C16H21N3O4. The number of morpholine rings is 1. The molecule has 1 saturated heterocycles. The van der Waals surface area contributed by atoms with Crippen molar-refractivity contribution in [3.05, 3.63) is 35.9 Å². The fourth-order valence-electron chi connectivity index (χ4n) is 2.59. The number of carbonyl (C=O) groups is 1. The van der Waals surface area contributed by atoms with Crippen LogP contribution in [0.25, 0.3) is 0 Å². The summed E-state index contributed by atoms with van der Waals surface area (Å²) in [5.41, 5.74) is 0. The molecule has 1 aliphatic rings. The summed E-state index contributed by atoms with van der Waals surface area (Å²) in [7, 11) is 0. The molecule has 2 aromatic heterocycles. The molecule has 0 amide bonds. The highest BCUT2D eigenvalue weighted by Gasteiger charge is 2.28. The average molecular weight is 319 g/mol. The maximum Gasteiger partial charge on any atom is 0.229 e. The van der Waals surface area contributed by atoms with Crippen LogP contribution in [-0.4, -0.2) is 46.6 Å². The van der Waals surface area contributed by atoms with Crippen molar-refractivity contribution in [1.82, 2.24) is 15.0 Å². The molecule has 0 radical (unpaired) electrons. The molecule has 3 rings (SSSR count). The van der Waals surface area contributed by atoms with Crippen molar-refractivity contribution < 1.29 is 18.5 Å². The number of furan rings is 1. The number of aromatic nitrogens is 2. The van der Waals surface area contributed by atoms with Gasteiger partial charge in [0, 0.05) is 24.9 Å². The second kappa shape index (κ2) is 7.06. The van der Waals surface area contributed by atoms with Crippen LogP contribution in [0.1, 0.15) is 48.5 Å². The molecule has 1 aliphatic heterocycles. The summed E-state index contributed by atoms with van der Waals surface area (Å²) in [5, 5.41) is 4.02. The van der Waals surface area contributed by atoms with E-state index in [-0.39, 0.29) is 17.7 Å². The molecule has 0 bridgehead atoms. The van der Waals surface area contributed by atoms with Gasteiger partial charge in [0.25, 0.3) is 0 Å². The van der Waals surface area contributed by atoms with Gasteiger partial charge in [-0.3, -0.25) is 9.69 Å². The first-order valence-electron chi connectivity index (χ1n) is 7.84. The predicted molar refractivity (Wildman–Crippen MR) is 81.1 cm³/mol. The molecule has 3 heterocycles. The Kier molecular flexibility index (Phi) is 4.88. The van der Waals surface area contributed by atoms with Crippen molar-refractivity contribution >= 4 is 5.78 Å². The van der Waals surface area contributed by atoms with Crippen LogP contribution in [0.4, 0.5) is 0 Å². The van der Waals surface area contributed by atoms with Crippen LogP contribution in [0.5, 0.6) is 0 Å². The Morgan fingerprint density at radius 2 is 2.35 bits per heavy atom. The number of carbonyl (C=O) groups excluding carboxylic acids is 1. The van der Waals surface area contributed by atoms with Crippen LogP contribution in [0.2, 0.25) is 0 Å². The molecule has 0 N–H and O–H groups in total. The van der Waals surface area contributed by atoms with Gasteiger partial charge in [0.1, 0.15) is 0 Å². The first kappa shape index (κ1) is 15.9. The Hall–Kier alpha value is -1.99. The SMILES string of the molecule is CC(C)c1nc(CN2CCOC[C@H]2CC(=O)c2ccco2)no1.